The maximum Gasteiger partial charge on any atom is 0.220 e. The number of hydrogen-bond acceptors (Lipinski definition) is 2. The van der Waals surface area contributed by atoms with Crippen LogP contribution in [0.2, 0.25) is 0 Å². The molecule has 3 N–H and O–H groups in total. The third-order valence-electron chi connectivity index (χ3n) is 2.73. The molecule has 0 heterocycles. The van der Waals surface area contributed by atoms with Crippen molar-refractivity contribution in [1.82, 2.24) is 5.32 Å². The molecule has 1 amide bonds. The second-order valence-corrected chi connectivity index (χ2v) is 4.48. The quantitative estimate of drug-likeness (QED) is 0.689. The molecule has 1 unspecified atom stereocenters. The first kappa shape index (κ1) is 10.5. The highest BCUT2D eigenvalue weighted by molar-refractivity contribution is 5.76. The van der Waals surface area contributed by atoms with Crippen LogP contribution in [0.4, 0.5) is 0 Å². The molecule has 0 aromatic carbocycles. The average molecular weight is 184 g/mol. The van der Waals surface area contributed by atoms with Gasteiger partial charge in [-0.05, 0) is 39.5 Å². The Morgan fingerprint density at radius 3 is 2.62 bits per heavy atom. The first-order chi connectivity index (χ1) is 6.02. The van der Waals surface area contributed by atoms with Crippen molar-refractivity contribution in [2.45, 2.75) is 57.5 Å². The van der Waals surface area contributed by atoms with E-state index in [4.69, 9.17) is 5.73 Å². The normalized spacial score (nSPS) is 21.8. The lowest BCUT2D eigenvalue weighted by atomic mass is 9.78. The van der Waals surface area contributed by atoms with Gasteiger partial charge < -0.3 is 11.1 Å². The lowest BCUT2D eigenvalue weighted by Gasteiger charge is -2.39. The highest BCUT2D eigenvalue weighted by Gasteiger charge is 2.32. The Balaban J connectivity index is 2.17. The van der Waals surface area contributed by atoms with E-state index in [0.717, 1.165) is 19.3 Å². The van der Waals surface area contributed by atoms with Gasteiger partial charge in [-0.25, -0.2) is 0 Å². The topological polar surface area (TPSA) is 55.1 Å². The van der Waals surface area contributed by atoms with Crippen LogP contribution in [0.25, 0.3) is 0 Å². The zero-order chi connectivity index (χ0) is 9.90. The Bertz CT molecular complexity index is 185. The Kier molecular flexibility index (Phi) is 3.31. The predicted molar refractivity (Wildman–Crippen MR) is 53.3 cm³/mol. The molecule has 3 heteroatoms. The first-order valence-electron chi connectivity index (χ1n) is 5.08. The van der Waals surface area contributed by atoms with E-state index < -0.39 is 0 Å². The van der Waals surface area contributed by atoms with Crippen LogP contribution in [-0.2, 0) is 4.79 Å². The van der Waals surface area contributed by atoms with Gasteiger partial charge in [0, 0.05) is 18.0 Å². The molecule has 1 rings (SSSR count). The smallest absolute Gasteiger partial charge is 0.220 e. The van der Waals surface area contributed by atoms with Gasteiger partial charge in [-0.15, -0.1) is 0 Å². The van der Waals surface area contributed by atoms with Crippen molar-refractivity contribution >= 4 is 5.91 Å². The molecular weight excluding hydrogens is 164 g/mol. The predicted octanol–water partition coefficient (Wildman–Crippen LogP) is 1.17. The standard InChI is InChI=1S/C10H20N2O/c1-8(11)4-5-9(13)12-10(2)6-3-7-10/h8H,3-7,11H2,1-2H3,(H,12,13). The number of carbonyl (C=O) groups excluding carboxylic acids is 1. The van der Waals surface area contributed by atoms with Crippen molar-refractivity contribution in [1.29, 1.82) is 0 Å². The van der Waals surface area contributed by atoms with Gasteiger partial charge in [0.05, 0.1) is 0 Å². The molecule has 1 saturated carbocycles. The maximum atomic E-state index is 11.4. The molecule has 0 spiro atoms. The average Bonchev–Trinajstić information content (AvgIpc) is 1.98. The van der Waals surface area contributed by atoms with E-state index in [1.807, 2.05) is 6.92 Å². The van der Waals surface area contributed by atoms with Crippen molar-refractivity contribution < 1.29 is 4.79 Å². The molecular formula is C10H20N2O. The molecule has 13 heavy (non-hydrogen) atoms. The minimum absolute atomic E-state index is 0.0922. The van der Waals surface area contributed by atoms with Gasteiger partial charge in [0.2, 0.25) is 5.91 Å². The Morgan fingerprint density at radius 2 is 2.23 bits per heavy atom. The van der Waals surface area contributed by atoms with Gasteiger partial charge in [-0.2, -0.15) is 0 Å². The number of amides is 1. The minimum atomic E-state index is 0.0922. The van der Waals surface area contributed by atoms with E-state index in [9.17, 15) is 4.79 Å². The summed E-state index contributed by atoms with van der Waals surface area (Å²) in [5.74, 6) is 0.152. The SMILES string of the molecule is CC(N)CCC(=O)NC1(C)CCC1. The molecule has 1 aliphatic rings. The molecule has 0 aromatic rings. The zero-order valence-electron chi connectivity index (χ0n) is 8.60. The van der Waals surface area contributed by atoms with Gasteiger partial charge in [0.25, 0.3) is 0 Å². The van der Waals surface area contributed by atoms with Crippen molar-refractivity contribution in [2.24, 2.45) is 5.73 Å². The van der Waals surface area contributed by atoms with Crippen LogP contribution in [0.1, 0.15) is 46.0 Å². The Labute approximate surface area is 80.1 Å². The summed E-state index contributed by atoms with van der Waals surface area (Å²) in [6.07, 6.45) is 4.83. The highest BCUT2D eigenvalue weighted by Crippen LogP contribution is 2.30. The summed E-state index contributed by atoms with van der Waals surface area (Å²) in [6.45, 7) is 4.04. The second kappa shape index (κ2) is 4.09. The molecule has 0 aromatic heterocycles. The van der Waals surface area contributed by atoms with Crippen LogP contribution < -0.4 is 11.1 Å². The van der Waals surface area contributed by atoms with Gasteiger partial charge in [-0.1, -0.05) is 0 Å². The van der Waals surface area contributed by atoms with Crippen LogP contribution in [0, 0.1) is 0 Å². The van der Waals surface area contributed by atoms with E-state index in [1.54, 1.807) is 0 Å². The molecule has 3 nitrogen and oxygen atoms in total. The van der Waals surface area contributed by atoms with E-state index in [0.29, 0.717) is 6.42 Å². The van der Waals surface area contributed by atoms with Gasteiger partial charge in [0.15, 0.2) is 0 Å². The van der Waals surface area contributed by atoms with Crippen molar-refractivity contribution in [2.75, 3.05) is 0 Å². The highest BCUT2D eigenvalue weighted by atomic mass is 16.1. The summed E-state index contributed by atoms with van der Waals surface area (Å²) in [5.41, 5.74) is 5.66. The van der Waals surface area contributed by atoms with Gasteiger partial charge >= 0.3 is 0 Å². The molecule has 1 fully saturated rings. The van der Waals surface area contributed by atoms with Crippen LogP contribution in [0.5, 0.6) is 0 Å². The number of hydrogen-bond donors (Lipinski definition) is 2. The summed E-state index contributed by atoms with van der Waals surface area (Å²) in [6, 6.07) is 0.125. The lowest BCUT2D eigenvalue weighted by molar-refractivity contribution is -0.124. The number of carbonyl (C=O) groups is 1. The summed E-state index contributed by atoms with van der Waals surface area (Å²) in [4.78, 5) is 11.4. The van der Waals surface area contributed by atoms with Gasteiger partial charge in [0.1, 0.15) is 0 Å². The molecule has 1 atom stereocenters. The van der Waals surface area contributed by atoms with E-state index >= 15 is 0 Å². The zero-order valence-corrected chi connectivity index (χ0v) is 8.60. The third kappa shape index (κ3) is 3.35. The summed E-state index contributed by atoms with van der Waals surface area (Å²) < 4.78 is 0. The van der Waals surface area contributed by atoms with Crippen molar-refractivity contribution in [3.63, 3.8) is 0 Å². The number of nitrogens with one attached hydrogen (secondary N) is 1. The first-order valence-corrected chi connectivity index (χ1v) is 5.08. The fourth-order valence-corrected chi connectivity index (χ4v) is 1.59. The Morgan fingerprint density at radius 1 is 1.62 bits per heavy atom. The van der Waals surface area contributed by atoms with Crippen LogP contribution in [-0.4, -0.2) is 17.5 Å². The monoisotopic (exact) mass is 184 g/mol. The summed E-state index contributed by atoms with van der Waals surface area (Å²) >= 11 is 0. The largest absolute Gasteiger partial charge is 0.351 e. The molecule has 0 bridgehead atoms. The summed E-state index contributed by atoms with van der Waals surface area (Å²) in [5, 5.41) is 3.05. The fourth-order valence-electron chi connectivity index (χ4n) is 1.59. The molecule has 76 valence electrons. The number of rotatable bonds is 4. The van der Waals surface area contributed by atoms with Crippen LogP contribution >= 0.6 is 0 Å². The molecule has 0 saturated heterocycles. The molecule has 0 aliphatic heterocycles. The minimum Gasteiger partial charge on any atom is -0.351 e. The summed E-state index contributed by atoms with van der Waals surface area (Å²) in [7, 11) is 0. The Hall–Kier alpha value is -0.570. The second-order valence-electron chi connectivity index (χ2n) is 4.48. The van der Waals surface area contributed by atoms with E-state index in [1.165, 1.54) is 6.42 Å². The maximum absolute atomic E-state index is 11.4. The van der Waals surface area contributed by atoms with E-state index in [-0.39, 0.29) is 17.5 Å². The molecule has 1 aliphatic carbocycles. The van der Waals surface area contributed by atoms with Crippen LogP contribution in [0.15, 0.2) is 0 Å². The molecule has 0 radical (unpaired) electrons. The van der Waals surface area contributed by atoms with Crippen molar-refractivity contribution in [3.8, 4) is 0 Å². The fraction of sp³-hybridized carbons (Fsp3) is 0.900. The van der Waals surface area contributed by atoms with E-state index in [2.05, 4.69) is 12.2 Å². The van der Waals surface area contributed by atoms with Crippen LogP contribution in [0.3, 0.4) is 0 Å². The van der Waals surface area contributed by atoms with Gasteiger partial charge in [-0.3, -0.25) is 4.79 Å². The lowest BCUT2D eigenvalue weighted by Crippen LogP contribution is -2.51. The number of nitrogens with two attached hydrogens (primary N) is 1. The van der Waals surface area contributed by atoms with Crippen molar-refractivity contribution in [3.05, 3.63) is 0 Å². The third-order valence-corrected chi connectivity index (χ3v) is 2.73.